The first-order valence-corrected chi connectivity index (χ1v) is 3.76. The second-order valence-electron chi connectivity index (χ2n) is 2.76. The van der Waals surface area contributed by atoms with Crippen LogP contribution < -0.4 is 11.5 Å². The normalized spacial score (nSPS) is 11.0. The van der Waals surface area contributed by atoms with Crippen LogP contribution in [0, 0.1) is 6.92 Å². The predicted molar refractivity (Wildman–Crippen MR) is 61.7 cm³/mol. The fourth-order valence-electron chi connectivity index (χ4n) is 1.04. The van der Waals surface area contributed by atoms with Gasteiger partial charge in [0.2, 0.25) is 0 Å². The van der Waals surface area contributed by atoms with Crippen molar-refractivity contribution >= 4 is 24.8 Å². The zero-order valence-electron chi connectivity index (χ0n) is 7.57. The van der Waals surface area contributed by atoms with Gasteiger partial charge in [0.1, 0.15) is 0 Å². The number of nitrogens with two attached hydrogens (primary N) is 2. The number of benzene rings is 1. The SMILES string of the molecule is Cc1cccc([C@@H](N)CN)c1.Cl.Cl. The second kappa shape index (κ2) is 7.15. The van der Waals surface area contributed by atoms with Crippen LogP contribution in [0.25, 0.3) is 0 Å². The molecule has 0 spiro atoms. The maximum absolute atomic E-state index is 5.74. The molecule has 0 saturated carbocycles. The fourth-order valence-corrected chi connectivity index (χ4v) is 1.04. The molecule has 4 N–H and O–H groups in total. The summed E-state index contributed by atoms with van der Waals surface area (Å²) < 4.78 is 0. The molecule has 1 aromatic carbocycles. The standard InChI is InChI=1S/C9H14N2.2ClH/c1-7-3-2-4-8(5-7)9(11)6-10;;/h2-5,9H,6,10-11H2,1H3;2*1H/t9-;;/m0../s1. The number of rotatable bonds is 2. The van der Waals surface area contributed by atoms with Crippen LogP contribution in [-0.4, -0.2) is 6.54 Å². The Bertz CT molecular complexity index is 241. The highest BCUT2D eigenvalue weighted by Crippen LogP contribution is 2.10. The van der Waals surface area contributed by atoms with E-state index in [1.54, 1.807) is 0 Å². The first kappa shape index (κ1) is 15.2. The van der Waals surface area contributed by atoms with Crippen molar-refractivity contribution < 1.29 is 0 Å². The van der Waals surface area contributed by atoms with E-state index in [2.05, 4.69) is 6.07 Å². The molecule has 13 heavy (non-hydrogen) atoms. The third-order valence-corrected chi connectivity index (χ3v) is 1.72. The van der Waals surface area contributed by atoms with Crippen LogP contribution in [0.5, 0.6) is 0 Å². The molecule has 0 aliphatic rings. The Morgan fingerprint density at radius 2 is 1.92 bits per heavy atom. The summed E-state index contributed by atoms with van der Waals surface area (Å²) in [7, 11) is 0. The van der Waals surface area contributed by atoms with Crippen LogP contribution in [0.3, 0.4) is 0 Å². The molecule has 1 atom stereocenters. The molecule has 0 aliphatic carbocycles. The van der Waals surface area contributed by atoms with Gasteiger partial charge in [-0.3, -0.25) is 0 Å². The molecule has 0 bridgehead atoms. The van der Waals surface area contributed by atoms with Gasteiger partial charge in [-0.1, -0.05) is 29.8 Å². The Kier molecular flexibility index (Phi) is 8.37. The summed E-state index contributed by atoms with van der Waals surface area (Å²) in [5.41, 5.74) is 13.5. The van der Waals surface area contributed by atoms with E-state index in [0.29, 0.717) is 6.54 Å². The zero-order chi connectivity index (χ0) is 8.27. The zero-order valence-corrected chi connectivity index (χ0v) is 9.20. The monoisotopic (exact) mass is 222 g/mol. The lowest BCUT2D eigenvalue weighted by atomic mass is 10.1. The van der Waals surface area contributed by atoms with Crippen LogP contribution in [0.15, 0.2) is 24.3 Å². The van der Waals surface area contributed by atoms with Gasteiger partial charge in [-0.2, -0.15) is 0 Å². The molecule has 0 radical (unpaired) electrons. The van der Waals surface area contributed by atoms with E-state index in [1.807, 2.05) is 25.1 Å². The van der Waals surface area contributed by atoms with Crippen LogP contribution in [0.1, 0.15) is 17.2 Å². The molecule has 0 amide bonds. The lowest BCUT2D eigenvalue weighted by molar-refractivity contribution is 0.736. The van der Waals surface area contributed by atoms with Crippen molar-refractivity contribution in [3.63, 3.8) is 0 Å². The van der Waals surface area contributed by atoms with Crippen molar-refractivity contribution in [3.8, 4) is 0 Å². The Morgan fingerprint density at radius 1 is 1.31 bits per heavy atom. The fraction of sp³-hybridized carbons (Fsp3) is 0.333. The molecule has 0 aliphatic heterocycles. The van der Waals surface area contributed by atoms with Crippen LogP contribution in [-0.2, 0) is 0 Å². The summed E-state index contributed by atoms with van der Waals surface area (Å²) in [4.78, 5) is 0. The number of aryl methyl sites for hydroxylation is 1. The summed E-state index contributed by atoms with van der Waals surface area (Å²) in [6.07, 6.45) is 0. The summed E-state index contributed by atoms with van der Waals surface area (Å²) in [6, 6.07) is 8.10. The third-order valence-electron chi connectivity index (χ3n) is 1.72. The van der Waals surface area contributed by atoms with Crippen molar-refractivity contribution in [2.24, 2.45) is 11.5 Å². The van der Waals surface area contributed by atoms with E-state index in [9.17, 15) is 0 Å². The summed E-state index contributed by atoms with van der Waals surface area (Å²) >= 11 is 0. The molecule has 1 rings (SSSR count). The predicted octanol–water partition coefficient (Wildman–Crippen LogP) is 1.80. The van der Waals surface area contributed by atoms with E-state index in [4.69, 9.17) is 11.5 Å². The van der Waals surface area contributed by atoms with Gasteiger partial charge in [0.25, 0.3) is 0 Å². The van der Waals surface area contributed by atoms with Crippen molar-refractivity contribution in [2.75, 3.05) is 6.54 Å². The number of hydrogen-bond donors (Lipinski definition) is 2. The van der Waals surface area contributed by atoms with Gasteiger partial charge in [-0.15, -0.1) is 24.8 Å². The molecular weight excluding hydrogens is 207 g/mol. The minimum atomic E-state index is -0.0186. The van der Waals surface area contributed by atoms with Crippen LogP contribution in [0.2, 0.25) is 0 Å². The van der Waals surface area contributed by atoms with E-state index in [0.717, 1.165) is 5.56 Å². The summed E-state index contributed by atoms with van der Waals surface area (Å²) in [5.74, 6) is 0. The highest BCUT2D eigenvalue weighted by molar-refractivity contribution is 5.85. The maximum atomic E-state index is 5.74. The molecule has 0 aromatic heterocycles. The molecule has 0 saturated heterocycles. The Balaban J connectivity index is 0. The Hall–Kier alpha value is -0.280. The van der Waals surface area contributed by atoms with Crippen molar-refractivity contribution in [1.82, 2.24) is 0 Å². The van der Waals surface area contributed by atoms with E-state index >= 15 is 0 Å². The van der Waals surface area contributed by atoms with Gasteiger partial charge in [0, 0.05) is 12.6 Å². The average Bonchev–Trinajstić information content (AvgIpc) is 2.03. The lowest BCUT2D eigenvalue weighted by Gasteiger charge is -2.08. The topological polar surface area (TPSA) is 52.0 Å². The lowest BCUT2D eigenvalue weighted by Crippen LogP contribution is -2.20. The third kappa shape index (κ3) is 4.48. The molecule has 76 valence electrons. The number of halogens is 2. The van der Waals surface area contributed by atoms with E-state index in [-0.39, 0.29) is 30.9 Å². The second-order valence-corrected chi connectivity index (χ2v) is 2.76. The molecule has 0 heterocycles. The van der Waals surface area contributed by atoms with Gasteiger partial charge < -0.3 is 11.5 Å². The molecule has 4 heteroatoms. The van der Waals surface area contributed by atoms with Crippen molar-refractivity contribution in [1.29, 1.82) is 0 Å². The molecular formula is C9H16Cl2N2. The van der Waals surface area contributed by atoms with Gasteiger partial charge >= 0.3 is 0 Å². The van der Waals surface area contributed by atoms with Crippen molar-refractivity contribution in [2.45, 2.75) is 13.0 Å². The minimum absolute atomic E-state index is 0. The first-order chi connectivity index (χ1) is 5.24. The quantitative estimate of drug-likeness (QED) is 0.803. The van der Waals surface area contributed by atoms with Gasteiger partial charge in [-0.05, 0) is 12.5 Å². The van der Waals surface area contributed by atoms with Gasteiger partial charge in [0.15, 0.2) is 0 Å². The van der Waals surface area contributed by atoms with Crippen LogP contribution >= 0.6 is 24.8 Å². The highest BCUT2D eigenvalue weighted by atomic mass is 35.5. The van der Waals surface area contributed by atoms with Crippen LogP contribution in [0.4, 0.5) is 0 Å². The summed E-state index contributed by atoms with van der Waals surface area (Å²) in [5, 5.41) is 0. The molecule has 2 nitrogen and oxygen atoms in total. The van der Waals surface area contributed by atoms with Gasteiger partial charge in [0.05, 0.1) is 0 Å². The maximum Gasteiger partial charge on any atom is 0.0419 e. The number of hydrogen-bond acceptors (Lipinski definition) is 2. The Morgan fingerprint density at radius 3 is 2.38 bits per heavy atom. The summed E-state index contributed by atoms with van der Waals surface area (Å²) in [6.45, 7) is 2.55. The highest BCUT2D eigenvalue weighted by Gasteiger charge is 2.01. The molecule has 0 fully saturated rings. The van der Waals surface area contributed by atoms with E-state index < -0.39 is 0 Å². The average molecular weight is 223 g/mol. The van der Waals surface area contributed by atoms with Crippen molar-refractivity contribution in [3.05, 3.63) is 35.4 Å². The molecule has 0 unspecified atom stereocenters. The smallest absolute Gasteiger partial charge is 0.0419 e. The first-order valence-electron chi connectivity index (χ1n) is 3.76. The Labute approximate surface area is 91.5 Å². The molecule has 1 aromatic rings. The minimum Gasteiger partial charge on any atom is -0.329 e. The van der Waals surface area contributed by atoms with Gasteiger partial charge in [-0.25, -0.2) is 0 Å². The van der Waals surface area contributed by atoms with E-state index in [1.165, 1.54) is 5.56 Å². The largest absolute Gasteiger partial charge is 0.329 e.